The molecule has 3 aliphatic rings. The third-order valence-electron chi connectivity index (χ3n) is 7.42. The van der Waals surface area contributed by atoms with Gasteiger partial charge in [0, 0.05) is 28.5 Å². The van der Waals surface area contributed by atoms with Crippen molar-refractivity contribution in [2.45, 2.75) is 36.7 Å². The number of Topliss-reactive ketones (excluding diaryl/α,β-unsaturated/α-hetero) is 2. The number of aliphatic hydroxyl groups is 4. The molecule has 0 aliphatic heterocycles. The van der Waals surface area contributed by atoms with Crippen molar-refractivity contribution < 1.29 is 39.9 Å². The van der Waals surface area contributed by atoms with Crippen LogP contribution in [0.4, 0.5) is 0 Å². The minimum atomic E-state index is -2.95. The molecule has 2 fully saturated rings. The van der Waals surface area contributed by atoms with E-state index in [-0.39, 0.29) is 16.3 Å². The van der Waals surface area contributed by atoms with Crippen molar-refractivity contribution >= 4 is 34.8 Å². The van der Waals surface area contributed by atoms with Gasteiger partial charge in [-0.25, -0.2) is 0 Å². The lowest BCUT2D eigenvalue weighted by Crippen LogP contribution is -2.76. The van der Waals surface area contributed by atoms with Gasteiger partial charge >= 0.3 is 0 Å². The lowest BCUT2D eigenvalue weighted by molar-refractivity contribution is -0.199. The zero-order chi connectivity index (χ0) is 24.7. The standard InChI is InChI=1S/C22H25ClN2O8/c1-6-9-7(23)4-5-8(26)11(9)16(27)12-10(6)17(28)14-15(25(2)3)18(29)13(21(24)32)20(31)22(14,33)19(12)30/h4-6,10,13-15,17-18,26-29,33H,1-3H3,(H2,24,32)/t6-,10+,13?,14+,15-,17-,18?,22-/m0/s1. The molecule has 0 heterocycles. The van der Waals surface area contributed by atoms with Crippen molar-refractivity contribution in [1.82, 2.24) is 4.90 Å². The van der Waals surface area contributed by atoms with E-state index in [0.29, 0.717) is 5.56 Å². The van der Waals surface area contributed by atoms with Gasteiger partial charge < -0.3 is 36.2 Å². The number of fused-ring (bicyclic) bond motifs is 3. The molecule has 178 valence electrons. The monoisotopic (exact) mass is 480 g/mol. The second kappa shape index (κ2) is 7.51. The van der Waals surface area contributed by atoms with Crippen molar-refractivity contribution in [3.63, 3.8) is 0 Å². The lowest BCUT2D eigenvalue weighted by atomic mass is 9.52. The average Bonchev–Trinajstić information content (AvgIpc) is 2.72. The molecule has 7 N–H and O–H groups in total. The molecule has 8 atom stereocenters. The molecule has 0 radical (unpaired) electrons. The minimum absolute atomic E-state index is 0.136. The highest BCUT2D eigenvalue weighted by atomic mass is 35.5. The molecule has 0 aromatic heterocycles. The number of aromatic hydroxyl groups is 1. The summed E-state index contributed by atoms with van der Waals surface area (Å²) < 4.78 is 0. The molecule has 0 spiro atoms. The summed E-state index contributed by atoms with van der Waals surface area (Å²) in [7, 11) is 2.99. The van der Waals surface area contributed by atoms with E-state index in [1.165, 1.54) is 31.1 Å². The van der Waals surface area contributed by atoms with Gasteiger partial charge in [-0.15, -0.1) is 0 Å². The average molecular weight is 481 g/mol. The third kappa shape index (κ3) is 2.85. The van der Waals surface area contributed by atoms with Crippen LogP contribution in [0.15, 0.2) is 17.7 Å². The summed E-state index contributed by atoms with van der Waals surface area (Å²) in [5.41, 5.74) is 2.07. The summed E-state index contributed by atoms with van der Waals surface area (Å²) in [6, 6.07) is 1.42. The van der Waals surface area contributed by atoms with Gasteiger partial charge in [0.15, 0.2) is 11.4 Å². The van der Waals surface area contributed by atoms with Gasteiger partial charge in [-0.1, -0.05) is 18.5 Å². The maximum absolute atomic E-state index is 13.7. The van der Waals surface area contributed by atoms with Gasteiger partial charge in [-0.05, 0) is 37.7 Å². The highest BCUT2D eigenvalue weighted by Crippen LogP contribution is 2.56. The first kappa shape index (κ1) is 23.7. The van der Waals surface area contributed by atoms with Gasteiger partial charge in [0.25, 0.3) is 0 Å². The first-order chi connectivity index (χ1) is 15.3. The normalized spacial score (nSPS) is 38.1. The van der Waals surface area contributed by atoms with E-state index >= 15 is 0 Å². The Kier molecular flexibility index (Phi) is 5.38. The Morgan fingerprint density at radius 3 is 2.30 bits per heavy atom. The van der Waals surface area contributed by atoms with Crippen LogP contribution in [-0.4, -0.2) is 85.9 Å². The molecule has 0 saturated heterocycles. The number of nitrogens with zero attached hydrogens (tertiary/aromatic N) is 1. The van der Waals surface area contributed by atoms with Gasteiger partial charge in [0.2, 0.25) is 11.7 Å². The van der Waals surface area contributed by atoms with Crippen LogP contribution in [-0.2, 0) is 14.4 Å². The number of aliphatic hydroxyl groups excluding tert-OH is 3. The molecule has 11 heteroatoms. The molecular weight excluding hydrogens is 456 g/mol. The molecule has 10 nitrogen and oxygen atoms in total. The van der Waals surface area contributed by atoms with Gasteiger partial charge in [-0.3, -0.25) is 14.4 Å². The van der Waals surface area contributed by atoms with Crippen molar-refractivity contribution in [3.8, 4) is 5.75 Å². The predicted molar refractivity (Wildman–Crippen MR) is 115 cm³/mol. The number of likely N-dealkylation sites (N-methyl/N-ethyl adjacent to an activating group) is 1. The number of amides is 1. The number of hydrogen-bond acceptors (Lipinski definition) is 9. The molecule has 3 aliphatic carbocycles. The summed E-state index contributed by atoms with van der Waals surface area (Å²) >= 11 is 6.32. The lowest BCUT2D eigenvalue weighted by Gasteiger charge is -2.56. The smallest absolute Gasteiger partial charge is 0.230 e. The minimum Gasteiger partial charge on any atom is -0.507 e. The highest BCUT2D eigenvalue weighted by molar-refractivity contribution is 6.32. The number of ketones is 2. The quantitative estimate of drug-likeness (QED) is 0.298. The maximum atomic E-state index is 13.7. The molecule has 0 bridgehead atoms. The summed E-state index contributed by atoms with van der Waals surface area (Å²) in [5.74, 6) is -10.2. The number of phenolic OH excluding ortho intramolecular Hbond substituents is 1. The van der Waals surface area contributed by atoms with Crippen LogP contribution in [0.2, 0.25) is 5.02 Å². The fourth-order valence-electron chi connectivity index (χ4n) is 6.00. The van der Waals surface area contributed by atoms with E-state index in [0.717, 1.165) is 0 Å². The molecule has 1 amide bonds. The number of halogens is 1. The fourth-order valence-corrected chi connectivity index (χ4v) is 6.33. The number of phenols is 1. The number of hydrogen-bond donors (Lipinski definition) is 6. The topological polar surface area (TPSA) is 182 Å². The fraction of sp³-hybridized carbons (Fsp3) is 0.500. The van der Waals surface area contributed by atoms with Gasteiger partial charge in [-0.2, -0.15) is 0 Å². The summed E-state index contributed by atoms with van der Waals surface area (Å²) in [6.07, 6.45) is -3.32. The number of carbonyl (C=O) groups excluding carboxylic acids is 3. The second-order valence-corrected chi connectivity index (χ2v) is 9.64. The van der Waals surface area contributed by atoms with Crippen molar-refractivity contribution in [3.05, 3.63) is 33.9 Å². The molecule has 2 unspecified atom stereocenters. The number of carbonyl (C=O) groups is 3. The summed E-state index contributed by atoms with van der Waals surface area (Å²) in [4.78, 5) is 40.4. The molecule has 1 aromatic carbocycles. The van der Waals surface area contributed by atoms with Crippen LogP contribution in [0.1, 0.15) is 24.0 Å². The Balaban J connectivity index is 2.03. The first-order valence-corrected chi connectivity index (χ1v) is 10.7. The predicted octanol–water partition coefficient (Wildman–Crippen LogP) is -0.686. The Bertz CT molecular complexity index is 1120. The Morgan fingerprint density at radius 2 is 1.76 bits per heavy atom. The SMILES string of the molecule is C[C@H]1c2c(Cl)ccc(O)c2C(O)=C2C(=O)[C@]3(O)C(=O)C(C(N)=O)C(O)[C@@H](N(C)C)[C@@H]3[C@@H](O)[C@@H]21. The molecule has 4 rings (SSSR count). The van der Waals surface area contributed by atoms with Crippen molar-refractivity contribution in [1.29, 1.82) is 0 Å². The van der Waals surface area contributed by atoms with E-state index in [2.05, 4.69) is 0 Å². The van der Waals surface area contributed by atoms with Crippen molar-refractivity contribution in [2.24, 2.45) is 23.5 Å². The van der Waals surface area contributed by atoms with Crippen LogP contribution in [0.5, 0.6) is 5.75 Å². The van der Waals surface area contributed by atoms with E-state index in [9.17, 15) is 39.9 Å². The van der Waals surface area contributed by atoms with E-state index < -0.39 is 76.3 Å². The second-order valence-electron chi connectivity index (χ2n) is 9.23. The Morgan fingerprint density at radius 1 is 1.15 bits per heavy atom. The van der Waals surface area contributed by atoms with Crippen LogP contribution in [0.25, 0.3) is 5.76 Å². The van der Waals surface area contributed by atoms with Crippen LogP contribution in [0.3, 0.4) is 0 Å². The molecule has 33 heavy (non-hydrogen) atoms. The van der Waals surface area contributed by atoms with E-state index in [1.54, 1.807) is 6.92 Å². The summed E-state index contributed by atoms with van der Waals surface area (Å²) in [6.45, 7) is 1.63. The Hall–Kier alpha value is -2.50. The Labute approximate surface area is 193 Å². The van der Waals surface area contributed by atoms with Crippen LogP contribution >= 0.6 is 11.6 Å². The largest absolute Gasteiger partial charge is 0.507 e. The molecule has 1 aromatic rings. The maximum Gasteiger partial charge on any atom is 0.230 e. The number of benzene rings is 1. The molecule has 2 saturated carbocycles. The number of primary amides is 1. The summed E-state index contributed by atoms with van der Waals surface area (Å²) in [5, 5.41) is 55.4. The van der Waals surface area contributed by atoms with Gasteiger partial charge in [0.05, 0.1) is 17.8 Å². The van der Waals surface area contributed by atoms with E-state index in [1.807, 2.05) is 0 Å². The van der Waals surface area contributed by atoms with Crippen LogP contribution in [0, 0.1) is 17.8 Å². The third-order valence-corrected chi connectivity index (χ3v) is 7.75. The van der Waals surface area contributed by atoms with E-state index in [4.69, 9.17) is 17.3 Å². The number of nitrogens with two attached hydrogens (primary N) is 1. The highest BCUT2D eigenvalue weighted by Gasteiger charge is 2.71. The first-order valence-electron chi connectivity index (χ1n) is 10.4. The number of rotatable bonds is 2. The zero-order valence-corrected chi connectivity index (χ0v) is 18.8. The van der Waals surface area contributed by atoms with Gasteiger partial charge in [0.1, 0.15) is 17.4 Å². The molecular formula is C22H25ClN2O8. The zero-order valence-electron chi connectivity index (χ0n) is 18.1. The van der Waals surface area contributed by atoms with Crippen LogP contribution < -0.4 is 5.73 Å². The van der Waals surface area contributed by atoms with Crippen molar-refractivity contribution in [2.75, 3.05) is 14.1 Å².